The lowest BCUT2D eigenvalue weighted by atomic mass is 10.2. The van der Waals surface area contributed by atoms with Gasteiger partial charge in [-0.1, -0.05) is 28.1 Å². The summed E-state index contributed by atoms with van der Waals surface area (Å²) < 4.78 is 1.05. The summed E-state index contributed by atoms with van der Waals surface area (Å²) in [7, 11) is 0. The Morgan fingerprint density at radius 1 is 1.18 bits per heavy atom. The van der Waals surface area contributed by atoms with E-state index in [0.717, 1.165) is 33.7 Å². The van der Waals surface area contributed by atoms with Gasteiger partial charge < -0.3 is 5.73 Å². The molecule has 0 aliphatic rings. The number of benzene rings is 1. The second kappa shape index (κ2) is 5.38. The van der Waals surface area contributed by atoms with Crippen LogP contribution in [0.4, 0.5) is 0 Å². The van der Waals surface area contributed by atoms with E-state index in [0.29, 0.717) is 6.54 Å². The second-order valence-electron chi connectivity index (χ2n) is 3.87. The lowest BCUT2D eigenvalue weighted by Crippen LogP contribution is -2.06. The molecule has 0 bridgehead atoms. The minimum atomic E-state index is 0.607. The molecular formula is C13H14BrN3. The molecule has 17 heavy (non-hydrogen) atoms. The molecule has 2 aromatic rings. The Labute approximate surface area is 109 Å². The quantitative estimate of drug-likeness (QED) is 0.946. The van der Waals surface area contributed by atoms with Crippen LogP contribution in [0.3, 0.4) is 0 Å². The monoisotopic (exact) mass is 291 g/mol. The molecule has 0 fully saturated rings. The summed E-state index contributed by atoms with van der Waals surface area (Å²) in [5.41, 5.74) is 8.55. The maximum Gasteiger partial charge on any atom is 0.159 e. The first-order valence-electron chi connectivity index (χ1n) is 5.49. The molecule has 2 N–H and O–H groups in total. The summed E-state index contributed by atoms with van der Waals surface area (Å²) in [4.78, 5) is 8.97. The van der Waals surface area contributed by atoms with Crippen LogP contribution in [-0.2, 0) is 6.42 Å². The van der Waals surface area contributed by atoms with Gasteiger partial charge in [0.15, 0.2) is 5.82 Å². The van der Waals surface area contributed by atoms with Crippen molar-refractivity contribution >= 4 is 15.9 Å². The van der Waals surface area contributed by atoms with E-state index in [9.17, 15) is 0 Å². The molecular weight excluding hydrogens is 278 g/mol. The summed E-state index contributed by atoms with van der Waals surface area (Å²) in [6.07, 6.45) is 0.785. The van der Waals surface area contributed by atoms with Gasteiger partial charge in [0.1, 0.15) is 0 Å². The molecule has 88 valence electrons. The minimum Gasteiger partial charge on any atom is -0.330 e. The van der Waals surface area contributed by atoms with Crippen LogP contribution in [0.15, 0.2) is 34.8 Å². The van der Waals surface area contributed by atoms with E-state index in [2.05, 4.69) is 25.9 Å². The normalized spacial score (nSPS) is 10.5. The van der Waals surface area contributed by atoms with Gasteiger partial charge in [-0.15, -0.1) is 0 Å². The lowest BCUT2D eigenvalue weighted by molar-refractivity contribution is 0.905. The van der Waals surface area contributed by atoms with E-state index in [1.165, 1.54) is 0 Å². The van der Waals surface area contributed by atoms with Crippen LogP contribution in [0.1, 0.15) is 11.4 Å². The Bertz CT molecular complexity index is 509. The van der Waals surface area contributed by atoms with Crippen LogP contribution in [-0.4, -0.2) is 16.5 Å². The summed E-state index contributed by atoms with van der Waals surface area (Å²) in [5, 5.41) is 0. The lowest BCUT2D eigenvalue weighted by Gasteiger charge is -2.05. The van der Waals surface area contributed by atoms with Crippen LogP contribution in [0.2, 0.25) is 0 Å². The standard InChI is InChI=1S/C13H14BrN3/c1-9-8-12(6-7-15)17-13(16-9)10-2-4-11(14)5-3-10/h2-5,8H,6-7,15H2,1H3. The van der Waals surface area contributed by atoms with Crippen molar-refractivity contribution < 1.29 is 0 Å². The van der Waals surface area contributed by atoms with E-state index in [4.69, 9.17) is 5.73 Å². The molecule has 1 aromatic heterocycles. The van der Waals surface area contributed by atoms with Crippen molar-refractivity contribution in [3.63, 3.8) is 0 Å². The van der Waals surface area contributed by atoms with Crippen molar-refractivity contribution in [2.24, 2.45) is 5.73 Å². The fourth-order valence-electron chi connectivity index (χ4n) is 1.64. The van der Waals surface area contributed by atoms with Crippen molar-refractivity contribution in [2.45, 2.75) is 13.3 Å². The predicted octanol–water partition coefficient (Wildman–Crippen LogP) is 2.72. The van der Waals surface area contributed by atoms with Crippen molar-refractivity contribution in [1.82, 2.24) is 9.97 Å². The minimum absolute atomic E-state index is 0.607. The Morgan fingerprint density at radius 2 is 1.88 bits per heavy atom. The van der Waals surface area contributed by atoms with Gasteiger partial charge in [0, 0.05) is 27.8 Å². The highest BCUT2D eigenvalue weighted by Gasteiger charge is 2.04. The molecule has 0 atom stereocenters. The smallest absolute Gasteiger partial charge is 0.159 e. The van der Waals surface area contributed by atoms with Crippen molar-refractivity contribution in [1.29, 1.82) is 0 Å². The fourth-order valence-corrected chi connectivity index (χ4v) is 1.90. The zero-order valence-corrected chi connectivity index (χ0v) is 11.2. The van der Waals surface area contributed by atoms with E-state index in [1.807, 2.05) is 37.3 Å². The molecule has 0 radical (unpaired) electrons. The zero-order valence-electron chi connectivity index (χ0n) is 9.65. The molecule has 1 heterocycles. The first-order chi connectivity index (χ1) is 8.19. The van der Waals surface area contributed by atoms with Crippen molar-refractivity contribution in [3.8, 4) is 11.4 Å². The van der Waals surface area contributed by atoms with Gasteiger partial charge >= 0.3 is 0 Å². The molecule has 0 saturated carbocycles. The van der Waals surface area contributed by atoms with Crippen molar-refractivity contribution in [3.05, 3.63) is 46.2 Å². The molecule has 0 amide bonds. The maximum atomic E-state index is 5.55. The highest BCUT2D eigenvalue weighted by atomic mass is 79.9. The predicted molar refractivity (Wildman–Crippen MR) is 72.7 cm³/mol. The summed E-state index contributed by atoms with van der Waals surface area (Å²) >= 11 is 3.41. The second-order valence-corrected chi connectivity index (χ2v) is 4.79. The summed E-state index contributed by atoms with van der Waals surface area (Å²) in [6, 6.07) is 9.97. The molecule has 0 spiro atoms. The molecule has 0 aliphatic carbocycles. The summed E-state index contributed by atoms with van der Waals surface area (Å²) in [5.74, 6) is 0.765. The van der Waals surface area contributed by atoms with Crippen molar-refractivity contribution in [2.75, 3.05) is 6.54 Å². The van der Waals surface area contributed by atoms with Gasteiger partial charge in [0.05, 0.1) is 0 Å². The Hall–Kier alpha value is -1.26. The third kappa shape index (κ3) is 3.11. The molecule has 4 heteroatoms. The fraction of sp³-hybridized carbons (Fsp3) is 0.231. The molecule has 3 nitrogen and oxygen atoms in total. The van der Waals surface area contributed by atoms with E-state index in [1.54, 1.807) is 0 Å². The van der Waals surface area contributed by atoms with Gasteiger partial charge in [-0.2, -0.15) is 0 Å². The Balaban J connectivity index is 2.40. The third-order valence-electron chi connectivity index (χ3n) is 2.41. The third-order valence-corrected chi connectivity index (χ3v) is 2.94. The van der Waals surface area contributed by atoms with E-state index >= 15 is 0 Å². The SMILES string of the molecule is Cc1cc(CCN)nc(-c2ccc(Br)cc2)n1. The molecule has 2 rings (SSSR count). The Morgan fingerprint density at radius 3 is 2.53 bits per heavy atom. The highest BCUT2D eigenvalue weighted by Crippen LogP contribution is 2.19. The topological polar surface area (TPSA) is 51.8 Å². The van der Waals surface area contributed by atoms with Crippen LogP contribution in [0.25, 0.3) is 11.4 Å². The maximum absolute atomic E-state index is 5.55. The van der Waals surface area contributed by atoms with E-state index in [-0.39, 0.29) is 0 Å². The van der Waals surface area contributed by atoms with Gasteiger partial charge in [-0.05, 0) is 31.7 Å². The average molecular weight is 292 g/mol. The number of hydrogen-bond acceptors (Lipinski definition) is 3. The molecule has 0 saturated heterocycles. The first kappa shape index (κ1) is 12.2. The highest BCUT2D eigenvalue weighted by molar-refractivity contribution is 9.10. The van der Waals surface area contributed by atoms with Crippen LogP contribution >= 0.6 is 15.9 Å². The average Bonchev–Trinajstić information content (AvgIpc) is 2.29. The summed E-state index contributed by atoms with van der Waals surface area (Å²) in [6.45, 7) is 2.58. The first-order valence-corrected chi connectivity index (χ1v) is 6.29. The van der Waals surface area contributed by atoms with Crippen LogP contribution < -0.4 is 5.73 Å². The number of aromatic nitrogens is 2. The number of halogens is 1. The van der Waals surface area contributed by atoms with Crippen LogP contribution in [0.5, 0.6) is 0 Å². The number of nitrogens with two attached hydrogens (primary N) is 1. The van der Waals surface area contributed by atoms with Gasteiger partial charge in [0.2, 0.25) is 0 Å². The molecule has 0 aliphatic heterocycles. The zero-order chi connectivity index (χ0) is 12.3. The Kier molecular flexibility index (Phi) is 3.86. The van der Waals surface area contributed by atoms with Gasteiger partial charge in [-0.25, -0.2) is 9.97 Å². The number of hydrogen-bond donors (Lipinski definition) is 1. The van der Waals surface area contributed by atoms with E-state index < -0.39 is 0 Å². The number of nitrogens with zero attached hydrogens (tertiary/aromatic N) is 2. The molecule has 0 unspecified atom stereocenters. The molecule has 1 aromatic carbocycles. The van der Waals surface area contributed by atoms with Crippen LogP contribution in [0, 0.1) is 6.92 Å². The number of rotatable bonds is 3. The number of aryl methyl sites for hydroxylation is 1. The largest absolute Gasteiger partial charge is 0.330 e. The van der Waals surface area contributed by atoms with Gasteiger partial charge in [0.25, 0.3) is 0 Å². The van der Waals surface area contributed by atoms with Gasteiger partial charge in [-0.3, -0.25) is 0 Å².